The number of aliphatic imine (C=N–C) groups is 1. The van der Waals surface area contributed by atoms with E-state index >= 15 is 0 Å². The number of halogens is 1. The molecule has 1 aliphatic heterocycles. The molecule has 142 valence electrons. The van der Waals surface area contributed by atoms with Crippen LogP contribution in [-0.4, -0.2) is 50.2 Å². The summed E-state index contributed by atoms with van der Waals surface area (Å²) in [5.74, 6) is 1.73. The number of piperidine rings is 1. The van der Waals surface area contributed by atoms with E-state index in [-0.39, 0.29) is 24.0 Å². The number of nitrogens with one attached hydrogen (secondary N) is 2. The van der Waals surface area contributed by atoms with E-state index in [1.807, 2.05) is 25.2 Å². The number of ether oxygens (including phenoxy) is 1. The van der Waals surface area contributed by atoms with E-state index in [0.717, 1.165) is 23.8 Å². The van der Waals surface area contributed by atoms with Gasteiger partial charge in [0.25, 0.3) is 0 Å². The predicted octanol–water partition coefficient (Wildman–Crippen LogP) is 3.24. The Labute approximate surface area is 169 Å². The van der Waals surface area contributed by atoms with Crippen LogP contribution in [0.3, 0.4) is 0 Å². The van der Waals surface area contributed by atoms with E-state index in [9.17, 15) is 0 Å². The summed E-state index contributed by atoms with van der Waals surface area (Å²) in [6.07, 6.45) is 3.99. The van der Waals surface area contributed by atoms with Crippen molar-refractivity contribution in [2.45, 2.75) is 51.7 Å². The van der Waals surface area contributed by atoms with Gasteiger partial charge in [0, 0.05) is 37.8 Å². The Morgan fingerprint density at radius 2 is 2.08 bits per heavy atom. The maximum Gasteiger partial charge on any atom is 0.191 e. The number of para-hydroxylation sites is 1. The van der Waals surface area contributed by atoms with Gasteiger partial charge in [0.1, 0.15) is 5.75 Å². The number of methoxy groups -OCH3 is 1. The molecule has 1 fully saturated rings. The Morgan fingerprint density at radius 1 is 1.32 bits per heavy atom. The van der Waals surface area contributed by atoms with Crippen LogP contribution in [0.25, 0.3) is 0 Å². The molecule has 0 radical (unpaired) electrons. The Kier molecular flexibility index (Phi) is 10.2. The highest BCUT2D eigenvalue weighted by Gasteiger charge is 2.22. The Bertz CT molecular complexity index is 538. The minimum Gasteiger partial charge on any atom is -0.496 e. The van der Waals surface area contributed by atoms with Crippen molar-refractivity contribution >= 4 is 29.9 Å². The normalized spacial score (nSPS) is 19.7. The quantitative estimate of drug-likeness (QED) is 0.389. The zero-order chi connectivity index (χ0) is 17.4. The average Bonchev–Trinajstić information content (AvgIpc) is 2.62. The van der Waals surface area contributed by atoms with Gasteiger partial charge in [0.2, 0.25) is 0 Å². The van der Waals surface area contributed by atoms with Crippen molar-refractivity contribution < 1.29 is 4.74 Å². The lowest BCUT2D eigenvalue weighted by molar-refractivity contribution is 0.115. The van der Waals surface area contributed by atoms with Crippen LogP contribution in [0, 0.1) is 0 Å². The van der Waals surface area contributed by atoms with E-state index in [4.69, 9.17) is 4.74 Å². The first-order chi connectivity index (χ1) is 11.7. The Hall–Kier alpha value is -1.02. The fourth-order valence-corrected chi connectivity index (χ4v) is 3.39. The van der Waals surface area contributed by atoms with Crippen molar-refractivity contribution in [1.29, 1.82) is 0 Å². The molecule has 2 rings (SSSR count). The summed E-state index contributed by atoms with van der Waals surface area (Å²) in [4.78, 5) is 6.93. The third kappa shape index (κ3) is 6.66. The second-order valence-electron chi connectivity index (χ2n) is 6.55. The third-order valence-corrected chi connectivity index (χ3v) is 4.85. The lowest BCUT2D eigenvalue weighted by Gasteiger charge is -2.38. The van der Waals surface area contributed by atoms with Crippen LogP contribution in [0.1, 0.15) is 38.7 Å². The zero-order valence-corrected chi connectivity index (χ0v) is 18.2. The van der Waals surface area contributed by atoms with E-state index < -0.39 is 0 Å². The molecule has 2 unspecified atom stereocenters. The molecule has 1 aromatic carbocycles. The standard InChI is InChI=1S/C19H32N4O.HI/c1-15-9-7-8-12-23(15)16(2)13-21-19(20-3)22-14-17-10-5-6-11-18(17)24-4;/h5-6,10-11,15-16H,7-9,12-14H2,1-4H3,(H2,20,21,22);1H. The van der Waals surface area contributed by atoms with E-state index in [2.05, 4.69) is 40.4 Å². The summed E-state index contributed by atoms with van der Waals surface area (Å²) in [5.41, 5.74) is 1.13. The Morgan fingerprint density at radius 3 is 2.76 bits per heavy atom. The number of nitrogens with zero attached hydrogens (tertiary/aromatic N) is 2. The van der Waals surface area contributed by atoms with Crippen molar-refractivity contribution in [3.63, 3.8) is 0 Å². The van der Waals surface area contributed by atoms with Gasteiger partial charge in [-0.3, -0.25) is 9.89 Å². The second-order valence-corrected chi connectivity index (χ2v) is 6.55. The monoisotopic (exact) mass is 460 g/mol. The molecule has 0 saturated carbocycles. The van der Waals surface area contributed by atoms with Crippen LogP contribution in [-0.2, 0) is 6.54 Å². The minimum atomic E-state index is 0. The van der Waals surface area contributed by atoms with E-state index in [1.165, 1.54) is 25.8 Å². The Balaban J connectivity index is 0.00000312. The van der Waals surface area contributed by atoms with Crippen molar-refractivity contribution in [1.82, 2.24) is 15.5 Å². The number of hydrogen-bond donors (Lipinski definition) is 2. The maximum absolute atomic E-state index is 5.39. The van der Waals surface area contributed by atoms with Gasteiger partial charge >= 0.3 is 0 Å². The summed E-state index contributed by atoms with van der Waals surface area (Å²) in [6.45, 7) is 7.43. The molecule has 5 nitrogen and oxygen atoms in total. The van der Waals surface area contributed by atoms with Gasteiger partial charge in [-0.25, -0.2) is 0 Å². The molecule has 0 bridgehead atoms. The first kappa shape index (κ1) is 22.0. The number of benzene rings is 1. The first-order valence-electron chi connectivity index (χ1n) is 8.98. The number of rotatable bonds is 6. The lowest BCUT2D eigenvalue weighted by atomic mass is 10.0. The molecular weight excluding hydrogens is 427 g/mol. The van der Waals surface area contributed by atoms with Gasteiger partial charge in [-0.15, -0.1) is 24.0 Å². The second kappa shape index (κ2) is 11.6. The fourth-order valence-electron chi connectivity index (χ4n) is 3.39. The number of guanidine groups is 1. The van der Waals surface area contributed by atoms with Gasteiger partial charge in [0.15, 0.2) is 5.96 Å². The highest BCUT2D eigenvalue weighted by atomic mass is 127. The summed E-state index contributed by atoms with van der Waals surface area (Å²) >= 11 is 0. The van der Waals surface area contributed by atoms with Crippen LogP contribution < -0.4 is 15.4 Å². The van der Waals surface area contributed by atoms with Gasteiger partial charge in [-0.1, -0.05) is 24.6 Å². The molecule has 1 saturated heterocycles. The topological polar surface area (TPSA) is 48.9 Å². The molecule has 1 aliphatic rings. The molecule has 2 atom stereocenters. The number of hydrogen-bond acceptors (Lipinski definition) is 3. The molecule has 0 aliphatic carbocycles. The highest BCUT2D eigenvalue weighted by molar-refractivity contribution is 14.0. The van der Waals surface area contributed by atoms with Crippen LogP contribution in [0.5, 0.6) is 5.75 Å². The van der Waals surface area contributed by atoms with Crippen LogP contribution >= 0.6 is 24.0 Å². The van der Waals surface area contributed by atoms with Gasteiger partial charge in [-0.05, 0) is 39.3 Å². The van der Waals surface area contributed by atoms with E-state index in [1.54, 1.807) is 7.11 Å². The molecular formula is C19H33IN4O. The van der Waals surface area contributed by atoms with Gasteiger partial charge in [-0.2, -0.15) is 0 Å². The first-order valence-corrected chi connectivity index (χ1v) is 8.98. The highest BCUT2D eigenvalue weighted by Crippen LogP contribution is 2.19. The smallest absolute Gasteiger partial charge is 0.191 e. The molecule has 0 aromatic heterocycles. The summed E-state index contributed by atoms with van der Waals surface area (Å²) in [5, 5.41) is 6.82. The summed E-state index contributed by atoms with van der Waals surface area (Å²) < 4.78 is 5.39. The average molecular weight is 460 g/mol. The molecule has 6 heteroatoms. The molecule has 1 heterocycles. The van der Waals surface area contributed by atoms with Crippen molar-refractivity contribution in [3.05, 3.63) is 29.8 Å². The summed E-state index contributed by atoms with van der Waals surface area (Å²) in [7, 11) is 3.51. The van der Waals surface area contributed by atoms with Gasteiger partial charge in [0.05, 0.1) is 7.11 Å². The third-order valence-electron chi connectivity index (χ3n) is 4.85. The molecule has 0 spiro atoms. The molecule has 2 N–H and O–H groups in total. The molecule has 0 amide bonds. The molecule has 25 heavy (non-hydrogen) atoms. The van der Waals surface area contributed by atoms with Crippen LogP contribution in [0.4, 0.5) is 0 Å². The zero-order valence-electron chi connectivity index (χ0n) is 15.9. The SMILES string of the molecule is CN=C(NCc1ccccc1OC)NCC(C)N1CCCCC1C.I. The van der Waals surface area contributed by atoms with Crippen molar-refractivity contribution in [3.8, 4) is 5.75 Å². The molecule has 1 aromatic rings. The van der Waals surface area contributed by atoms with Crippen molar-refractivity contribution in [2.75, 3.05) is 27.2 Å². The maximum atomic E-state index is 5.39. The predicted molar refractivity (Wildman–Crippen MR) is 116 cm³/mol. The lowest BCUT2D eigenvalue weighted by Crippen LogP contribution is -2.50. The fraction of sp³-hybridized carbons (Fsp3) is 0.632. The van der Waals surface area contributed by atoms with E-state index in [0.29, 0.717) is 18.6 Å². The summed E-state index contributed by atoms with van der Waals surface area (Å²) in [6, 6.07) is 9.24. The largest absolute Gasteiger partial charge is 0.496 e. The van der Waals surface area contributed by atoms with Crippen molar-refractivity contribution in [2.24, 2.45) is 4.99 Å². The number of likely N-dealkylation sites (tertiary alicyclic amines) is 1. The van der Waals surface area contributed by atoms with Crippen LogP contribution in [0.2, 0.25) is 0 Å². The minimum absolute atomic E-state index is 0. The van der Waals surface area contributed by atoms with Crippen LogP contribution in [0.15, 0.2) is 29.3 Å². The van der Waals surface area contributed by atoms with Gasteiger partial charge < -0.3 is 15.4 Å².